The predicted octanol–water partition coefficient (Wildman–Crippen LogP) is 2.41. The third-order valence-corrected chi connectivity index (χ3v) is 3.88. The molecule has 7 nitrogen and oxygen atoms in total. The van der Waals surface area contributed by atoms with Crippen LogP contribution in [-0.2, 0) is 14.3 Å². The van der Waals surface area contributed by atoms with E-state index in [2.05, 4.69) is 6.92 Å². The minimum atomic E-state index is -0.702. The molecule has 1 aliphatic heterocycles. The van der Waals surface area contributed by atoms with E-state index in [1.165, 1.54) is 18.2 Å². The third kappa shape index (κ3) is 4.91. The zero-order valence-corrected chi connectivity index (χ0v) is 13.5. The number of benzene rings is 1. The van der Waals surface area contributed by atoms with Crippen LogP contribution in [0.25, 0.3) is 6.08 Å². The lowest BCUT2D eigenvalue weighted by atomic mass is 10.0. The highest BCUT2D eigenvalue weighted by Crippen LogP contribution is 2.19. The highest BCUT2D eigenvalue weighted by atomic mass is 16.6. The van der Waals surface area contributed by atoms with Gasteiger partial charge in [-0.25, -0.2) is 4.79 Å². The van der Waals surface area contributed by atoms with E-state index >= 15 is 0 Å². The second-order valence-electron chi connectivity index (χ2n) is 5.84. The molecule has 0 aromatic heterocycles. The van der Waals surface area contributed by atoms with Crippen molar-refractivity contribution in [3.05, 3.63) is 46.0 Å². The molecule has 0 radical (unpaired) electrons. The van der Waals surface area contributed by atoms with Crippen LogP contribution in [0, 0.1) is 16.0 Å². The first kappa shape index (κ1) is 17.7. The van der Waals surface area contributed by atoms with Gasteiger partial charge in [-0.3, -0.25) is 14.9 Å². The average Bonchev–Trinajstić information content (AvgIpc) is 2.58. The Morgan fingerprint density at radius 2 is 2.17 bits per heavy atom. The van der Waals surface area contributed by atoms with E-state index < -0.39 is 10.9 Å². The van der Waals surface area contributed by atoms with E-state index in [9.17, 15) is 19.7 Å². The normalized spacial score (nSPS) is 17.7. The van der Waals surface area contributed by atoms with E-state index in [0.29, 0.717) is 24.6 Å². The number of piperidine rings is 1. The van der Waals surface area contributed by atoms with Crippen molar-refractivity contribution < 1.29 is 19.2 Å². The summed E-state index contributed by atoms with van der Waals surface area (Å²) in [7, 11) is 0. The fourth-order valence-corrected chi connectivity index (χ4v) is 2.64. The van der Waals surface area contributed by atoms with Gasteiger partial charge in [0.15, 0.2) is 6.61 Å². The molecule has 2 rings (SSSR count). The third-order valence-electron chi connectivity index (χ3n) is 3.88. The first-order valence-corrected chi connectivity index (χ1v) is 7.83. The summed E-state index contributed by atoms with van der Waals surface area (Å²) in [5, 5.41) is 10.9. The molecular formula is C17H20N2O5. The van der Waals surface area contributed by atoms with Gasteiger partial charge in [0, 0.05) is 25.2 Å². The smallest absolute Gasteiger partial charge is 0.331 e. The molecule has 0 spiro atoms. The van der Waals surface area contributed by atoms with Crippen LogP contribution in [0.5, 0.6) is 0 Å². The highest BCUT2D eigenvalue weighted by molar-refractivity contribution is 5.90. The molecule has 1 aliphatic rings. The average molecular weight is 332 g/mol. The molecular weight excluding hydrogens is 312 g/mol. The summed E-state index contributed by atoms with van der Waals surface area (Å²) in [5.41, 5.74) is 0.204. The summed E-state index contributed by atoms with van der Waals surface area (Å²) < 4.78 is 4.93. The van der Waals surface area contributed by atoms with E-state index in [0.717, 1.165) is 18.9 Å². The molecule has 1 saturated heterocycles. The van der Waals surface area contributed by atoms with Crippen LogP contribution in [0.1, 0.15) is 25.3 Å². The molecule has 1 heterocycles. The van der Waals surface area contributed by atoms with Gasteiger partial charge in [0.2, 0.25) is 0 Å². The number of amides is 1. The standard InChI is InChI=1S/C17H20N2O5/c1-13-5-4-10-18(11-13)16(20)12-24-17(21)9-8-14-6-2-3-7-15(14)19(22)23/h2-3,6-9,13H,4-5,10-12H2,1H3/b9-8+/t13-/m1/s1. The van der Waals surface area contributed by atoms with Crippen LogP contribution in [0.2, 0.25) is 0 Å². The van der Waals surface area contributed by atoms with Gasteiger partial charge in [0.1, 0.15) is 0 Å². The molecule has 7 heteroatoms. The van der Waals surface area contributed by atoms with Crippen molar-refractivity contribution in [2.45, 2.75) is 19.8 Å². The lowest BCUT2D eigenvalue weighted by Crippen LogP contribution is -2.41. The summed E-state index contributed by atoms with van der Waals surface area (Å²) >= 11 is 0. The second-order valence-corrected chi connectivity index (χ2v) is 5.84. The number of nitro groups is 1. The Hall–Kier alpha value is -2.70. The molecule has 128 valence electrons. The van der Waals surface area contributed by atoms with Crippen molar-refractivity contribution in [3.63, 3.8) is 0 Å². The molecule has 0 unspecified atom stereocenters. The van der Waals surface area contributed by atoms with Crippen molar-refractivity contribution in [1.29, 1.82) is 0 Å². The van der Waals surface area contributed by atoms with Gasteiger partial charge in [-0.1, -0.05) is 19.1 Å². The van der Waals surface area contributed by atoms with Crippen LogP contribution in [0.4, 0.5) is 5.69 Å². The van der Waals surface area contributed by atoms with Gasteiger partial charge >= 0.3 is 5.97 Å². The zero-order valence-electron chi connectivity index (χ0n) is 13.5. The molecule has 1 aromatic rings. The van der Waals surface area contributed by atoms with Crippen molar-refractivity contribution in [2.75, 3.05) is 19.7 Å². The van der Waals surface area contributed by atoms with Crippen LogP contribution >= 0.6 is 0 Å². The molecule has 1 aromatic carbocycles. The van der Waals surface area contributed by atoms with Gasteiger partial charge in [-0.05, 0) is 30.9 Å². The van der Waals surface area contributed by atoms with Gasteiger partial charge in [-0.2, -0.15) is 0 Å². The van der Waals surface area contributed by atoms with E-state index in [1.54, 1.807) is 17.0 Å². The number of hydrogen-bond acceptors (Lipinski definition) is 5. The largest absolute Gasteiger partial charge is 0.452 e. The lowest BCUT2D eigenvalue weighted by Gasteiger charge is -2.30. The van der Waals surface area contributed by atoms with Gasteiger partial charge in [0.25, 0.3) is 11.6 Å². The molecule has 0 bridgehead atoms. The molecule has 1 amide bonds. The van der Waals surface area contributed by atoms with Gasteiger partial charge in [-0.15, -0.1) is 0 Å². The van der Waals surface area contributed by atoms with Crippen molar-refractivity contribution in [1.82, 2.24) is 4.90 Å². The maximum absolute atomic E-state index is 12.0. The first-order valence-electron chi connectivity index (χ1n) is 7.83. The molecule has 0 N–H and O–H groups in total. The number of para-hydroxylation sites is 1. The molecule has 0 aliphatic carbocycles. The summed E-state index contributed by atoms with van der Waals surface area (Å²) in [6.45, 7) is 3.14. The number of likely N-dealkylation sites (tertiary alicyclic amines) is 1. The van der Waals surface area contributed by atoms with Crippen LogP contribution in [0.3, 0.4) is 0 Å². The molecule has 1 fully saturated rings. The summed E-state index contributed by atoms with van der Waals surface area (Å²) in [6.07, 6.45) is 4.46. The van der Waals surface area contributed by atoms with Crippen LogP contribution in [0.15, 0.2) is 30.3 Å². The minimum absolute atomic E-state index is 0.0973. The molecule has 1 atom stereocenters. The molecule has 0 saturated carbocycles. The van der Waals surface area contributed by atoms with Crippen molar-refractivity contribution in [3.8, 4) is 0 Å². The van der Waals surface area contributed by atoms with Crippen LogP contribution < -0.4 is 0 Å². The number of carbonyl (C=O) groups excluding carboxylic acids is 2. The summed E-state index contributed by atoms with van der Waals surface area (Å²) in [6, 6.07) is 6.07. The number of hydrogen-bond donors (Lipinski definition) is 0. The Labute approximate surface area is 140 Å². The predicted molar refractivity (Wildman–Crippen MR) is 88.1 cm³/mol. The van der Waals surface area contributed by atoms with Crippen LogP contribution in [-0.4, -0.2) is 41.4 Å². The fraction of sp³-hybridized carbons (Fsp3) is 0.412. The topological polar surface area (TPSA) is 89.8 Å². The quantitative estimate of drug-likeness (QED) is 0.357. The number of ether oxygens (including phenoxy) is 1. The van der Waals surface area contributed by atoms with Gasteiger partial charge < -0.3 is 9.64 Å². The van der Waals surface area contributed by atoms with E-state index in [4.69, 9.17) is 4.74 Å². The number of nitro benzene ring substituents is 1. The van der Waals surface area contributed by atoms with Gasteiger partial charge in [0.05, 0.1) is 10.5 Å². The number of esters is 1. The maximum Gasteiger partial charge on any atom is 0.331 e. The first-order chi connectivity index (χ1) is 11.5. The Bertz CT molecular complexity index is 656. The fourth-order valence-electron chi connectivity index (χ4n) is 2.64. The Morgan fingerprint density at radius 3 is 2.88 bits per heavy atom. The maximum atomic E-state index is 12.0. The lowest BCUT2D eigenvalue weighted by molar-refractivity contribution is -0.385. The minimum Gasteiger partial charge on any atom is -0.452 e. The Kier molecular flexibility index (Phi) is 6.06. The van der Waals surface area contributed by atoms with Crippen molar-refractivity contribution in [2.24, 2.45) is 5.92 Å². The SMILES string of the molecule is C[C@@H]1CCCN(C(=O)COC(=O)/C=C/c2ccccc2[N+](=O)[O-])C1. The van der Waals surface area contributed by atoms with Crippen molar-refractivity contribution >= 4 is 23.6 Å². The number of nitrogens with zero attached hydrogens (tertiary/aromatic N) is 2. The van der Waals surface area contributed by atoms with E-state index in [-0.39, 0.29) is 18.2 Å². The Morgan fingerprint density at radius 1 is 1.42 bits per heavy atom. The number of carbonyl (C=O) groups is 2. The Balaban J connectivity index is 1.87. The second kappa shape index (κ2) is 8.24. The number of rotatable bonds is 5. The summed E-state index contributed by atoms with van der Waals surface area (Å²) in [5.74, 6) is -0.461. The molecule has 24 heavy (non-hydrogen) atoms. The monoisotopic (exact) mass is 332 g/mol. The highest BCUT2D eigenvalue weighted by Gasteiger charge is 2.21. The zero-order chi connectivity index (χ0) is 17.5. The summed E-state index contributed by atoms with van der Waals surface area (Å²) in [4.78, 5) is 35.8. The van der Waals surface area contributed by atoms with E-state index in [1.807, 2.05) is 0 Å².